The molecule has 1 N–H and O–H groups in total. The van der Waals surface area contributed by atoms with Crippen LogP contribution in [0.5, 0.6) is 0 Å². The lowest BCUT2D eigenvalue weighted by Gasteiger charge is -2.28. The van der Waals surface area contributed by atoms with E-state index >= 15 is 0 Å². The van der Waals surface area contributed by atoms with Crippen LogP contribution in [0.15, 0.2) is 18.3 Å². The normalized spacial score (nSPS) is 18.7. The van der Waals surface area contributed by atoms with Crippen LogP contribution in [0.4, 0.5) is 5.82 Å². The van der Waals surface area contributed by atoms with Gasteiger partial charge in [-0.1, -0.05) is 6.92 Å². The Hall–Kier alpha value is -1.62. The zero-order valence-corrected chi connectivity index (χ0v) is 13.3. The van der Waals surface area contributed by atoms with Gasteiger partial charge in [0.1, 0.15) is 5.82 Å². The molecule has 1 saturated heterocycles. The third kappa shape index (κ3) is 3.73. The first kappa shape index (κ1) is 15.8. The summed E-state index contributed by atoms with van der Waals surface area (Å²) in [6.07, 6.45) is 4.12. The summed E-state index contributed by atoms with van der Waals surface area (Å²) >= 11 is 0. The predicted molar refractivity (Wildman–Crippen MR) is 85.6 cm³/mol. The largest absolute Gasteiger partial charge is 0.370 e. The molecule has 21 heavy (non-hydrogen) atoms. The van der Waals surface area contributed by atoms with Crippen LogP contribution in [0.25, 0.3) is 0 Å². The minimum Gasteiger partial charge on any atom is -0.370 e. The van der Waals surface area contributed by atoms with Gasteiger partial charge in [-0.3, -0.25) is 9.69 Å². The zero-order chi connectivity index (χ0) is 15.2. The molecule has 1 aromatic heterocycles. The summed E-state index contributed by atoms with van der Waals surface area (Å²) in [4.78, 5) is 21.2. The predicted octanol–water partition coefficient (Wildman–Crippen LogP) is 2.07. The molecule has 0 aliphatic carbocycles. The minimum absolute atomic E-state index is 0.0435. The second-order valence-corrected chi connectivity index (χ2v) is 5.54. The maximum Gasteiger partial charge on any atom is 0.257 e. The van der Waals surface area contributed by atoms with E-state index in [9.17, 15) is 4.79 Å². The van der Waals surface area contributed by atoms with Gasteiger partial charge in [0.05, 0.1) is 5.56 Å². The molecule has 1 aromatic rings. The number of likely N-dealkylation sites (tertiary alicyclic amines) is 1. The Labute approximate surface area is 127 Å². The highest BCUT2D eigenvalue weighted by Crippen LogP contribution is 2.19. The average molecular weight is 290 g/mol. The lowest BCUT2D eigenvalue weighted by Crippen LogP contribution is -2.41. The second kappa shape index (κ2) is 7.41. The topological polar surface area (TPSA) is 48.5 Å². The molecular weight excluding hydrogens is 264 g/mol. The SMILES string of the molecule is CCNc1ncccc1C(=O)N(C)CC1CCCN1CC. The summed E-state index contributed by atoms with van der Waals surface area (Å²) in [7, 11) is 1.89. The Morgan fingerprint density at radius 3 is 3.05 bits per heavy atom. The number of hydrogen-bond acceptors (Lipinski definition) is 4. The minimum atomic E-state index is 0.0435. The Balaban J connectivity index is 2.05. The fourth-order valence-corrected chi connectivity index (χ4v) is 3.01. The molecule has 1 amide bonds. The molecule has 0 bridgehead atoms. The van der Waals surface area contributed by atoms with E-state index in [0.717, 1.165) is 26.2 Å². The number of carbonyl (C=O) groups is 1. The highest BCUT2D eigenvalue weighted by Gasteiger charge is 2.26. The molecule has 1 fully saturated rings. The number of amides is 1. The average Bonchev–Trinajstić information content (AvgIpc) is 2.94. The van der Waals surface area contributed by atoms with Crippen LogP contribution in [0, 0.1) is 0 Å². The van der Waals surface area contributed by atoms with Crippen LogP contribution >= 0.6 is 0 Å². The first-order valence-electron chi connectivity index (χ1n) is 7.85. The molecule has 1 aliphatic rings. The number of nitrogens with one attached hydrogen (secondary N) is 1. The van der Waals surface area contributed by atoms with Gasteiger partial charge in [0.15, 0.2) is 0 Å². The summed E-state index contributed by atoms with van der Waals surface area (Å²) in [5.41, 5.74) is 0.655. The van der Waals surface area contributed by atoms with Gasteiger partial charge in [-0.15, -0.1) is 0 Å². The fourth-order valence-electron chi connectivity index (χ4n) is 3.01. The van der Waals surface area contributed by atoms with Crippen LogP contribution in [0.1, 0.15) is 37.0 Å². The molecule has 1 aliphatic heterocycles. The number of hydrogen-bond donors (Lipinski definition) is 1. The van der Waals surface area contributed by atoms with Crippen LogP contribution in [0.3, 0.4) is 0 Å². The molecule has 1 atom stereocenters. The lowest BCUT2D eigenvalue weighted by atomic mass is 10.1. The lowest BCUT2D eigenvalue weighted by molar-refractivity contribution is 0.0755. The van der Waals surface area contributed by atoms with E-state index in [1.54, 1.807) is 6.20 Å². The molecule has 0 aromatic carbocycles. The number of nitrogens with zero attached hydrogens (tertiary/aromatic N) is 3. The third-order valence-electron chi connectivity index (χ3n) is 4.12. The Bertz CT molecular complexity index is 477. The Morgan fingerprint density at radius 2 is 2.33 bits per heavy atom. The van der Waals surface area contributed by atoms with Crippen molar-refractivity contribution < 1.29 is 4.79 Å². The second-order valence-electron chi connectivity index (χ2n) is 5.54. The molecule has 116 valence electrons. The first-order chi connectivity index (χ1) is 10.2. The van der Waals surface area contributed by atoms with E-state index in [-0.39, 0.29) is 5.91 Å². The summed E-state index contributed by atoms with van der Waals surface area (Å²) in [5, 5.41) is 3.16. The van der Waals surface area contributed by atoms with Gasteiger partial charge in [0.25, 0.3) is 5.91 Å². The van der Waals surface area contributed by atoms with Crippen molar-refractivity contribution >= 4 is 11.7 Å². The van der Waals surface area contributed by atoms with Gasteiger partial charge >= 0.3 is 0 Å². The van der Waals surface area contributed by atoms with E-state index in [0.29, 0.717) is 17.4 Å². The number of carbonyl (C=O) groups excluding carboxylic acids is 1. The van der Waals surface area contributed by atoms with Gasteiger partial charge in [0.2, 0.25) is 0 Å². The van der Waals surface area contributed by atoms with Gasteiger partial charge in [0, 0.05) is 32.4 Å². The van der Waals surface area contributed by atoms with Crippen molar-refractivity contribution in [1.82, 2.24) is 14.8 Å². The van der Waals surface area contributed by atoms with Crippen molar-refractivity contribution in [2.75, 3.05) is 38.5 Å². The van der Waals surface area contributed by atoms with Crippen molar-refractivity contribution in [2.45, 2.75) is 32.7 Å². The molecule has 5 nitrogen and oxygen atoms in total. The van der Waals surface area contributed by atoms with E-state index < -0.39 is 0 Å². The van der Waals surface area contributed by atoms with Crippen molar-refractivity contribution in [3.05, 3.63) is 23.9 Å². The van der Waals surface area contributed by atoms with Crippen molar-refractivity contribution in [1.29, 1.82) is 0 Å². The Kier molecular flexibility index (Phi) is 5.56. The number of anilines is 1. The summed E-state index contributed by atoms with van der Waals surface area (Å²) in [6, 6.07) is 4.15. The van der Waals surface area contributed by atoms with Crippen LogP contribution in [-0.2, 0) is 0 Å². The first-order valence-corrected chi connectivity index (χ1v) is 7.85. The summed E-state index contributed by atoms with van der Waals surface area (Å²) in [5.74, 6) is 0.720. The maximum absolute atomic E-state index is 12.7. The van der Waals surface area contributed by atoms with Crippen LogP contribution in [0.2, 0.25) is 0 Å². The van der Waals surface area contributed by atoms with Gasteiger partial charge < -0.3 is 10.2 Å². The van der Waals surface area contributed by atoms with E-state index in [2.05, 4.69) is 22.1 Å². The standard InChI is InChI=1S/C16H26N4O/c1-4-17-15-14(9-6-10-18-15)16(21)19(3)12-13-8-7-11-20(13)5-2/h6,9-10,13H,4-5,7-8,11-12H2,1-3H3,(H,17,18). The zero-order valence-electron chi connectivity index (χ0n) is 13.3. The molecule has 2 heterocycles. The quantitative estimate of drug-likeness (QED) is 0.871. The fraction of sp³-hybridized carbons (Fsp3) is 0.625. The maximum atomic E-state index is 12.7. The van der Waals surface area contributed by atoms with Crippen molar-refractivity contribution in [3.63, 3.8) is 0 Å². The molecular formula is C16H26N4O. The molecule has 0 radical (unpaired) electrons. The molecule has 0 spiro atoms. The number of aromatic nitrogens is 1. The molecule has 5 heteroatoms. The van der Waals surface area contributed by atoms with E-state index in [1.807, 2.05) is 31.0 Å². The van der Waals surface area contributed by atoms with E-state index in [4.69, 9.17) is 0 Å². The molecule has 2 rings (SSSR count). The monoisotopic (exact) mass is 290 g/mol. The van der Waals surface area contributed by atoms with E-state index in [1.165, 1.54) is 12.8 Å². The van der Waals surface area contributed by atoms with Gasteiger partial charge in [-0.05, 0) is 45.0 Å². The van der Waals surface area contributed by atoms with Crippen LogP contribution in [-0.4, -0.2) is 60.0 Å². The smallest absolute Gasteiger partial charge is 0.257 e. The molecule has 0 saturated carbocycles. The van der Waals surface area contributed by atoms with Crippen molar-refractivity contribution in [3.8, 4) is 0 Å². The van der Waals surface area contributed by atoms with Crippen LogP contribution < -0.4 is 5.32 Å². The molecule has 1 unspecified atom stereocenters. The number of rotatable bonds is 6. The Morgan fingerprint density at radius 1 is 1.52 bits per heavy atom. The number of pyridine rings is 1. The highest BCUT2D eigenvalue weighted by molar-refractivity contribution is 5.98. The summed E-state index contributed by atoms with van der Waals surface area (Å²) in [6.45, 7) is 7.94. The number of likely N-dealkylation sites (N-methyl/N-ethyl adjacent to an activating group) is 2. The van der Waals surface area contributed by atoms with Gasteiger partial charge in [-0.25, -0.2) is 4.98 Å². The summed E-state index contributed by atoms with van der Waals surface area (Å²) < 4.78 is 0. The third-order valence-corrected chi connectivity index (χ3v) is 4.12. The highest BCUT2D eigenvalue weighted by atomic mass is 16.2. The van der Waals surface area contributed by atoms with Gasteiger partial charge in [-0.2, -0.15) is 0 Å². The van der Waals surface area contributed by atoms with Crippen molar-refractivity contribution in [2.24, 2.45) is 0 Å².